The minimum atomic E-state index is -0.769. The fourth-order valence-electron chi connectivity index (χ4n) is 2.51. The molecule has 2 aliphatic heterocycles. The van der Waals surface area contributed by atoms with Crippen molar-refractivity contribution < 1.29 is 14.5 Å². The third kappa shape index (κ3) is 4.62. The van der Waals surface area contributed by atoms with Gasteiger partial charge in [-0.15, -0.1) is 0 Å². The first kappa shape index (κ1) is 22.6. The maximum atomic E-state index is 12.0. The van der Waals surface area contributed by atoms with Gasteiger partial charge in [0, 0.05) is 6.20 Å². The van der Waals surface area contributed by atoms with Crippen molar-refractivity contribution in [3.05, 3.63) is 70.8 Å². The van der Waals surface area contributed by atoms with Crippen molar-refractivity contribution >= 4 is 69.7 Å². The summed E-state index contributed by atoms with van der Waals surface area (Å²) in [5.74, 6) is -0.471. The summed E-state index contributed by atoms with van der Waals surface area (Å²) in [5.41, 5.74) is 0.283. The first-order chi connectivity index (χ1) is 14.2. The Hall–Kier alpha value is -2.11. The van der Waals surface area contributed by atoms with Crippen LogP contribution >= 0.6 is 57.9 Å². The molecule has 0 fully saturated rings. The Morgan fingerprint density at radius 3 is 2.70 bits per heavy atom. The highest BCUT2D eigenvalue weighted by atomic mass is 35.5. The number of fused-ring (bicyclic) bond motifs is 1. The predicted molar refractivity (Wildman–Crippen MR) is 115 cm³/mol. The van der Waals surface area contributed by atoms with Crippen LogP contribution in [0.5, 0.6) is 0 Å². The Balaban J connectivity index is 1.76. The smallest absolute Gasteiger partial charge is 0.359 e. The number of nitrogens with one attached hydrogen (secondary N) is 1. The molecule has 0 saturated carbocycles. The molecule has 1 N–H and O–H groups in total. The molecule has 0 radical (unpaired) electrons. The van der Waals surface area contributed by atoms with Gasteiger partial charge in [-0.3, -0.25) is 15.0 Å². The van der Waals surface area contributed by atoms with Crippen molar-refractivity contribution in [3.8, 4) is 0 Å². The van der Waals surface area contributed by atoms with Gasteiger partial charge in [-0.2, -0.15) is 4.37 Å². The molecule has 9 nitrogen and oxygen atoms in total. The van der Waals surface area contributed by atoms with Crippen LogP contribution in [0, 0.1) is 10.1 Å². The lowest BCUT2D eigenvalue weighted by Crippen LogP contribution is -2.36. The SMILES string of the molecule is CC1=CN2C(=NC(NCCOC(=O)c3nsc(Cl)c3Cl)=C([N+](=O)[O-])C2=C(Cl)Cl)C=C1. The second kappa shape index (κ2) is 9.36. The van der Waals surface area contributed by atoms with Gasteiger partial charge in [0.25, 0.3) is 0 Å². The van der Waals surface area contributed by atoms with Gasteiger partial charge in [-0.05, 0) is 30.1 Å². The number of allylic oxidation sites excluding steroid dienone is 2. The van der Waals surface area contributed by atoms with Crippen molar-refractivity contribution in [2.75, 3.05) is 13.2 Å². The monoisotopic (exact) mass is 509 g/mol. The summed E-state index contributed by atoms with van der Waals surface area (Å²) in [4.78, 5) is 28.8. The van der Waals surface area contributed by atoms with E-state index in [4.69, 9.17) is 51.1 Å². The lowest BCUT2D eigenvalue weighted by Gasteiger charge is -2.29. The molecule has 30 heavy (non-hydrogen) atoms. The lowest BCUT2D eigenvalue weighted by molar-refractivity contribution is -0.424. The average molecular weight is 511 g/mol. The summed E-state index contributed by atoms with van der Waals surface area (Å²) in [5, 5.41) is 14.5. The third-order valence-electron chi connectivity index (χ3n) is 3.77. The number of halogens is 4. The summed E-state index contributed by atoms with van der Waals surface area (Å²) in [6.07, 6.45) is 5.08. The Morgan fingerprint density at radius 1 is 1.37 bits per heavy atom. The highest BCUT2D eigenvalue weighted by Gasteiger charge is 2.37. The standard InChI is InChI=1S/C16H11Cl4N5O4S/c1-7-2-3-8-22-15(12(25(27)28)11(13(18)19)24(8)6-7)21-4-5-29-16(26)10-9(17)14(20)30-23-10/h2-3,6,21H,4-5H2,1H3. The molecule has 0 atom stereocenters. The van der Waals surface area contributed by atoms with Crippen molar-refractivity contribution in [3.63, 3.8) is 0 Å². The molecule has 3 rings (SSSR count). The number of ether oxygens (including phenoxy) is 1. The summed E-state index contributed by atoms with van der Waals surface area (Å²) < 4.78 is 8.75. The molecule has 0 saturated heterocycles. The van der Waals surface area contributed by atoms with Crippen LogP contribution in [-0.2, 0) is 4.74 Å². The summed E-state index contributed by atoms with van der Waals surface area (Å²) in [6.45, 7) is 1.68. The molecule has 0 spiro atoms. The van der Waals surface area contributed by atoms with Gasteiger partial charge in [0.15, 0.2) is 11.4 Å². The van der Waals surface area contributed by atoms with Crippen LogP contribution in [0.2, 0.25) is 9.36 Å². The number of aromatic nitrogens is 1. The van der Waals surface area contributed by atoms with E-state index < -0.39 is 16.6 Å². The van der Waals surface area contributed by atoms with Gasteiger partial charge in [-0.25, -0.2) is 9.79 Å². The third-order valence-corrected chi connectivity index (χ3v) is 5.74. The number of rotatable bonds is 6. The van der Waals surface area contributed by atoms with Crippen LogP contribution in [0.15, 0.2) is 50.6 Å². The van der Waals surface area contributed by atoms with E-state index in [2.05, 4.69) is 14.7 Å². The molecule has 0 amide bonds. The highest BCUT2D eigenvalue weighted by Crippen LogP contribution is 2.34. The minimum Gasteiger partial charge on any atom is -0.459 e. The highest BCUT2D eigenvalue weighted by molar-refractivity contribution is 7.11. The van der Waals surface area contributed by atoms with E-state index in [1.54, 1.807) is 18.4 Å². The second-order valence-corrected chi connectivity index (χ2v) is 8.49. The zero-order chi connectivity index (χ0) is 22.0. The Bertz CT molecular complexity index is 1070. The van der Waals surface area contributed by atoms with E-state index in [9.17, 15) is 14.9 Å². The van der Waals surface area contributed by atoms with E-state index in [-0.39, 0.29) is 44.2 Å². The Kier molecular flexibility index (Phi) is 7.04. The van der Waals surface area contributed by atoms with Gasteiger partial charge in [0.2, 0.25) is 5.82 Å². The molecule has 14 heteroatoms. The van der Waals surface area contributed by atoms with Crippen molar-refractivity contribution in [1.82, 2.24) is 14.6 Å². The molecule has 3 heterocycles. The first-order valence-corrected chi connectivity index (χ1v) is 10.4. The molecule has 1 aromatic rings. The van der Waals surface area contributed by atoms with Crippen molar-refractivity contribution in [2.45, 2.75) is 6.92 Å². The Morgan fingerprint density at radius 2 is 2.10 bits per heavy atom. The molecular formula is C16H11Cl4N5O4S. The van der Waals surface area contributed by atoms with Crippen molar-refractivity contribution in [1.29, 1.82) is 0 Å². The van der Waals surface area contributed by atoms with Gasteiger partial charge in [0.05, 0.1) is 11.5 Å². The Labute approximate surface area is 194 Å². The number of esters is 1. The summed E-state index contributed by atoms with van der Waals surface area (Å²) in [6, 6.07) is 0. The number of hydrogen-bond donors (Lipinski definition) is 1. The number of nitrogens with zero attached hydrogens (tertiary/aromatic N) is 4. The topological polar surface area (TPSA) is 110 Å². The van der Waals surface area contributed by atoms with Crippen LogP contribution in [0.3, 0.4) is 0 Å². The molecule has 158 valence electrons. The van der Waals surface area contributed by atoms with Crippen LogP contribution < -0.4 is 5.32 Å². The number of nitro groups is 1. The van der Waals surface area contributed by atoms with Gasteiger partial charge in [0.1, 0.15) is 26.3 Å². The fourth-order valence-corrected chi connectivity index (χ4v) is 3.85. The first-order valence-electron chi connectivity index (χ1n) is 8.11. The van der Waals surface area contributed by atoms with E-state index in [0.717, 1.165) is 17.1 Å². The molecule has 0 aromatic carbocycles. The molecule has 0 unspecified atom stereocenters. The van der Waals surface area contributed by atoms with E-state index in [1.165, 1.54) is 4.90 Å². The number of amidine groups is 1. The molecular weight excluding hydrogens is 500 g/mol. The number of aliphatic imine (C=N–C) groups is 1. The van der Waals surface area contributed by atoms with E-state index in [0.29, 0.717) is 5.84 Å². The summed E-state index contributed by atoms with van der Waals surface area (Å²) in [7, 11) is 0. The van der Waals surface area contributed by atoms with Gasteiger partial charge < -0.3 is 10.1 Å². The molecule has 0 aliphatic carbocycles. The maximum Gasteiger partial charge on any atom is 0.359 e. The zero-order valence-corrected chi connectivity index (χ0v) is 18.8. The molecule has 2 aliphatic rings. The van der Waals surface area contributed by atoms with Crippen LogP contribution in [-0.4, -0.2) is 39.2 Å². The predicted octanol–water partition coefficient (Wildman–Crippen LogP) is 4.48. The normalized spacial score (nSPS) is 15.5. The number of carbonyl (C=O) groups excluding carboxylic acids is 1. The largest absolute Gasteiger partial charge is 0.459 e. The van der Waals surface area contributed by atoms with Crippen molar-refractivity contribution in [2.24, 2.45) is 4.99 Å². The van der Waals surface area contributed by atoms with Crippen LogP contribution in [0.4, 0.5) is 0 Å². The van der Waals surface area contributed by atoms with Gasteiger partial charge in [-0.1, -0.05) is 52.5 Å². The average Bonchev–Trinajstić information content (AvgIpc) is 3.02. The number of carbonyl (C=O) groups is 1. The molecule has 0 bridgehead atoms. The number of hydrogen-bond acceptors (Lipinski definition) is 9. The maximum absolute atomic E-state index is 12.0. The van der Waals surface area contributed by atoms with Crippen LogP contribution in [0.25, 0.3) is 0 Å². The minimum absolute atomic E-state index is 0.00992. The van der Waals surface area contributed by atoms with E-state index >= 15 is 0 Å². The molecule has 1 aromatic heterocycles. The summed E-state index contributed by atoms with van der Waals surface area (Å²) >= 11 is 24.4. The van der Waals surface area contributed by atoms with Crippen LogP contribution in [0.1, 0.15) is 17.4 Å². The quantitative estimate of drug-likeness (QED) is 0.260. The second-order valence-electron chi connectivity index (χ2n) is 5.79. The van der Waals surface area contributed by atoms with E-state index in [1.807, 2.05) is 6.92 Å². The zero-order valence-electron chi connectivity index (χ0n) is 15.0. The lowest BCUT2D eigenvalue weighted by atomic mass is 10.1. The fraction of sp³-hybridized carbons (Fsp3) is 0.188. The van der Waals surface area contributed by atoms with Gasteiger partial charge >= 0.3 is 11.7 Å².